The molecule has 1 N–H and O–H groups in total. The van der Waals surface area contributed by atoms with Gasteiger partial charge in [-0.1, -0.05) is 13.5 Å². The lowest BCUT2D eigenvalue weighted by Gasteiger charge is -2.09. The molecule has 2 aromatic rings. The van der Waals surface area contributed by atoms with Crippen molar-refractivity contribution in [2.24, 2.45) is 10.2 Å². The van der Waals surface area contributed by atoms with E-state index in [1.54, 1.807) is 25.3 Å². The summed E-state index contributed by atoms with van der Waals surface area (Å²) in [6, 6.07) is 9.18. The molecule has 176 valence electrons. The third kappa shape index (κ3) is 8.24. The first-order valence-electron chi connectivity index (χ1n) is 9.89. The van der Waals surface area contributed by atoms with Crippen molar-refractivity contribution in [2.75, 3.05) is 29.8 Å². The molecule has 0 aliphatic heterocycles. The van der Waals surface area contributed by atoms with Gasteiger partial charge in [0.2, 0.25) is 5.91 Å². The van der Waals surface area contributed by atoms with E-state index in [-0.39, 0.29) is 43.6 Å². The Hall–Kier alpha value is -2.45. The molecule has 0 bridgehead atoms. The maximum atomic E-state index is 12.1. The van der Waals surface area contributed by atoms with Gasteiger partial charge in [-0.25, -0.2) is 8.42 Å². The molecule has 0 atom stereocenters. The molecule has 0 heterocycles. The van der Waals surface area contributed by atoms with Gasteiger partial charge in [0, 0.05) is 24.1 Å². The van der Waals surface area contributed by atoms with Crippen LogP contribution in [0.15, 0.2) is 40.6 Å². The number of sulfone groups is 1. The van der Waals surface area contributed by atoms with Gasteiger partial charge in [-0.3, -0.25) is 4.79 Å². The summed E-state index contributed by atoms with van der Waals surface area (Å²) < 4.78 is 28.6. The minimum absolute atomic E-state index is 0. The van der Waals surface area contributed by atoms with Crippen LogP contribution in [0.2, 0.25) is 0 Å². The smallest absolute Gasteiger partial charge is 0.224 e. The summed E-state index contributed by atoms with van der Waals surface area (Å²) in [6.45, 7) is 5.82. The van der Waals surface area contributed by atoms with Crippen LogP contribution in [0.3, 0.4) is 0 Å². The number of hydrogen-bond acceptors (Lipinski definition) is 6. The largest absolute Gasteiger partial charge is 0.496 e. The highest BCUT2D eigenvalue weighted by molar-refractivity contribution is 7.91. The fourth-order valence-electron chi connectivity index (χ4n) is 3.00. The molecule has 0 unspecified atom stereocenters. The molecule has 0 spiro atoms. The van der Waals surface area contributed by atoms with E-state index >= 15 is 0 Å². The van der Waals surface area contributed by atoms with Crippen molar-refractivity contribution in [1.29, 1.82) is 0 Å². The molecule has 2 aromatic carbocycles. The molecule has 9 heteroatoms. The Morgan fingerprint density at radius 3 is 2.28 bits per heavy atom. The number of ether oxygens (including phenoxy) is 1. The lowest BCUT2D eigenvalue weighted by Crippen LogP contribution is -2.16. The molecule has 7 nitrogen and oxygen atoms in total. The van der Waals surface area contributed by atoms with E-state index in [2.05, 4.69) is 15.5 Å². The highest BCUT2D eigenvalue weighted by Gasteiger charge is 2.12. The summed E-state index contributed by atoms with van der Waals surface area (Å²) >= 11 is 5.47. The second kappa shape index (κ2) is 12.6. The van der Waals surface area contributed by atoms with Gasteiger partial charge in [-0.2, -0.15) is 10.2 Å². The number of alkyl halides is 1. The highest BCUT2D eigenvalue weighted by atomic mass is 35.5. The summed E-state index contributed by atoms with van der Waals surface area (Å²) in [5, 5.41) is 11.5. The van der Waals surface area contributed by atoms with Crippen LogP contribution in [0.25, 0.3) is 0 Å². The van der Waals surface area contributed by atoms with E-state index in [9.17, 15) is 13.2 Å². The number of carbonyl (C=O) groups excluding carboxylic acids is 1. The number of aryl methyl sites for hydroxylation is 3. The molecule has 2 rings (SSSR count). The number of nitrogens with one attached hydrogen (secondary N) is 1. The molecular weight excluding hydrogens is 450 g/mol. The third-order valence-corrected chi connectivity index (χ3v) is 6.86. The first-order valence-corrected chi connectivity index (χ1v) is 12.2. The standard InChI is InChI=1S/C22H28ClN3O4S.CH4/c1-15-12-17(3)21(30-4)14-20(15)26-25-19-8-7-18(13-16(19)2)24-22(27)6-5-10-31(28,29)11-9-23;/h7-8,12-14H,5-6,9-11H2,1-4H3,(H,24,27);1H4. The van der Waals surface area contributed by atoms with Crippen LogP contribution in [0, 0.1) is 20.8 Å². The van der Waals surface area contributed by atoms with E-state index in [0.29, 0.717) is 11.4 Å². The predicted molar refractivity (Wildman–Crippen MR) is 132 cm³/mol. The van der Waals surface area contributed by atoms with Crippen LogP contribution in [0.5, 0.6) is 5.75 Å². The van der Waals surface area contributed by atoms with Crippen LogP contribution in [-0.4, -0.2) is 38.8 Å². The van der Waals surface area contributed by atoms with Crippen LogP contribution in [0.4, 0.5) is 17.1 Å². The Morgan fingerprint density at radius 2 is 1.66 bits per heavy atom. The maximum Gasteiger partial charge on any atom is 0.224 e. The number of amides is 1. The molecule has 0 radical (unpaired) electrons. The van der Waals surface area contributed by atoms with Crippen molar-refractivity contribution >= 4 is 44.4 Å². The number of anilines is 1. The first kappa shape index (κ1) is 27.6. The summed E-state index contributed by atoms with van der Waals surface area (Å²) in [6.07, 6.45) is 0.381. The number of rotatable bonds is 10. The number of halogens is 1. The Bertz CT molecular complexity index is 1070. The van der Waals surface area contributed by atoms with Crippen LogP contribution >= 0.6 is 11.6 Å². The van der Waals surface area contributed by atoms with Gasteiger partial charge in [0.1, 0.15) is 5.75 Å². The lowest BCUT2D eigenvalue weighted by molar-refractivity contribution is -0.116. The molecule has 0 saturated carbocycles. The highest BCUT2D eigenvalue weighted by Crippen LogP contribution is 2.31. The van der Waals surface area contributed by atoms with Gasteiger partial charge >= 0.3 is 0 Å². The molecule has 0 saturated heterocycles. The van der Waals surface area contributed by atoms with Gasteiger partial charge in [0.05, 0.1) is 30.0 Å². The molecule has 1 amide bonds. The summed E-state index contributed by atoms with van der Waals surface area (Å²) in [5.74, 6) is 0.464. The number of hydrogen-bond donors (Lipinski definition) is 1. The Morgan fingerprint density at radius 1 is 1.00 bits per heavy atom. The van der Waals surface area contributed by atoms with Crippen molar-refractivity contribution in [3.05, 3.63) is 47.0 Å². The number of carbonyl (C=O) groups is 1. The average Bonchev–Trinajstić information content (AvgIpc) is 2.68. The molecular formula is C23H32ClN3O4S. The Labute approximate surface area is 196 Å². The van der Waals surface area contributed by atoms with Crippen LogP contribution in [0.1, 0.15) is 37.0 Å². The van der Waals surface area contributed by atoms with E-state index < -0.39 is 9.84 Å². The lowest BCUT2D eigenvalue weighted by atomic mass is 10.1. The third-order valence-electron chi connectivity index (χ3n) is 4.71. The van der Waals surface area contributed by atoms with E-state index in [4.69, 9.17) is 16.3 Å². The van der Waals surface area contributed by atoms with Gasteiger partial charge < -0.3 is 10.1 Å². The number of azo groups is 1. The minimum Gasteiger partial charge on any atom is -0.496 e. The summed E-state index contributed by atoms with van der Waals surface area (Å²) in [4.78, 5) is 12.1. The van der Waals surface area contributed by atoms with E-state index in [1.165, 1.54) is 0 Å². The number of methoxy groups -OCH3 is 1. The normalized spacial score (nSPS) is 11.3. The topological polar surface area (TPSA) is 97.2 Å². The van der Waals surface area contributed by atoms with Crippen molar-refractivity contribution in [3.63, 3.8) is 0 Å². The fraction of sp³-hybridized carbons (Fsp3) is 0.435. The zero-order valence-corrected chi connectivity index (χ0v) is 19.8. The SMILES string of the molecule is C.COc1cc(N=Nc2ccc(NC(=O)CCCS(=O)(=O)CCCl)cc2C)c(C)cc1C. The fourth-order valence-corrected chi connectivity index (χ4v) is 4.73. The monoisotopic (exact) mass is 481 g/mol. The van der Waals surface area contributed by atoms with Gasteiger partial charge in [0.25, 0.3) is 0 Å². The molecule has 32 heavy (non-hydrogen) atoms. The predicted octanol–water partition coefficient (Wildman–Crippen LogP) is 6.04. The van der Waals surface area contributed by atoms with Gasteiger partial charge in [0.15, 0.2) is 9.84 Å². The average molecular weight is 482 g/mol. The Kier molecular flexibility index (Phi) is 10.8. The van der Waals surface area contributed by atoms with E-state index in [0.717, 1.165) is 28.1 Å². The second-order valence-corrected chi connectivity index (χ2v) is 9.98. The van der Waals surface area contributed by atoms with Crippen molar-refractivity contribution in [1.82, 2.24) is 0 Å². The molecule has 0 aliphatic rings. The van der Waals surface area contributed by atoms with Crippen LogP contribution < -0.4 is 10.1 Å². The molecule has 0 aromatic heterocycles. The Balaban J connectivity index is 0.00000512. The quantitative estimate of drug-likeness (QED) is 0.330. The number of benzene rings is 2. The molecule has 0 fully saturated rings. The minimum atomic E-state index is -3.19. The van der Waals surface area contributed by atoms with Gasteiger partial charge in [-0.15, -0.1) is 11.6 Å². The van der Waals surface area contributed by atoms with Crippen molar-refractivity contribution in [2.45, 2.75) is 41.0 Å². The van der Waals surface area contributed by atoms with Crippen LogP contribution in [-0.2, 0) is 14.6 Å². The number of nitrogens with zero attached hydrogens (tertiary/aromatic N) is 2. The van der Waals surface area contributed by atoms with Crippen molar-refractivity contribution < 1.29 is 17.9 Å². The summed E-state index contributed by atoms with van der Waals surface area (Å²) in [7, 11) is -1.57. The maximum absolute atomic E-state index is 12.1. The van der Waals surface area contributed by atoms with E-state index in [1.807, 2.05) is 32.9 Å². The summed E-state index contributed by atoms with van der Waals surface area (Å²) in [5.41, 5.74) is 4.91. The zero-order chi connectivity index (χ0) is 23.0. The molecule has 0 aliphatic carbocycles. The zero-order valence-electron chi connectivity index (χ0n) is 18.2. The second-order valence-electron chi connectivity index (χ2n) is 7.30. The van der Waals surface area contributed by atoms with Gasteiger partial charge in [-0.05, 0) is 62.1 Å². The van der Waals surface area contributed by atoms with Crippen molar-refractivity contribution in [3.8, 4) is 5.75 Å². The first-order chi connectivity index (χ1) is 14.6.